The largest absolute Gasteiger partial charge is 0.392 e. The summed E-state index contributed by atoms with van der Waals surface area (Å²) in [4.78, 5) is 0. The minimum absolute atomic E-state index is 0.289. The Morgan fingerprint density at radius 2 is 1.93 bits per heavy atom. The SMILES string of the molecule is CC[C@@H](NC[C@H](C)O)c1ccc(Cl)cc1. The first-order valence-corrected chi connectivity index (χ1v) is 5.68. The van der Waals surface area contributed by atoms with Crippen molar-refractivity contribution in [1.82, 2.24) is 5.32 Å². The van der Waals surface area contributed by atoms with E-state index in [1.165, 1.54) is 5.56 Å². The average molecular weight is 228 g/mol. The van der Waals surface area contributed by atoms with Gasteiger partial charge >= 0.3 is 0 Å². The Balaban J connectivity index is 2.61. The second kappa shape index (κ2) is 6.11. The van der Waals surface area contributed by atoms with Gasteiger partial charge in [0, 0.05) is 17.6 Å². The summed E-state index contributed by atoms with van der Waals surface area (Å²) in [6, 6.07) is 8.11. The van der Waals surface area contributed by atoms with Gasteiger partial charge in [0.05, 0.1) is 6.10 Å². The van der Waals surface area contributed by atoms with E-state index in [1.54, 1.807) is 6.92 Å². The Bertz CT molecular complexity index is 284. The number of halogens is 1. The van der Waals surface area contributed by atoms with Crippen LogP contribution in [0.15, 0.2) is 24.3 Å². The van der Waals surface area contributed by atoms with Gasteiger partial charge in [-0.05, 0) is 31.0 Å². The summed E-state index contributed by atoms with van der Waals surface area (Å²) < 4.78 is 0. The van der Waals surface area contributed by atoms with E-state index in [9.17, 15) is 5.11 Å². The summed E-state index contributed by atoms with van der Waals surface area (Å²) in [7, 11) is 0. The van der Waals surface area contributed by atoms with Gasteiger partial charge in [0.1, 0.15) is 0 Å². The molecule has 0 aliphatic heterocycles. The summed E-state index contributed by atoms with van der Waals surface area (Å²) in [5.74, 6) is 0. The molecule has 2 N–H and O–H groups in total. The third-order valence-electron chi connectivity index (χ3n) is 2.34. The molecule has 3 heteroatoms. The van der Waals surface area contributed by atoms with Gasteiger partial charge in [-0.2, -0.15) is 0 Å². The van der Waals surface area contributed by atoms with E-state index < -0.39 is 0 Å². The molecule has 1 aromatic rings. The van der Waals surface area contributed by atoms with E-state index in [4.69, 9.17) is 11.6 Å². The summed E-state index contributed by atoms with van der Waals surface area (Å²) >= 11 is 5.83. The zero-order valence-electron chi connectivity index (χ0n) is 9.20. The van der Waals surface area contributed by atoms with Crippen LogP contribution < -0.4 is 5.32 Å². The van der Waals surface area contributed by atoms with Crippen LogP contribution in [0.3, 0.4) is 0 Å². The van der Waals surface area contributed by atoms with Crippen LogP contribution in [0.5, 0.6) is 0 Å². The predicted octanol–water partition coefficient (Wildman–Crippen LogP) is 2.76. The lowest BCUT2D eigenvalue weighted by Gasteiger charge is -2.18. The molecule has 1 aromatic carbocycles. The first kappa shape index (κ1) is 12.5. The third-order valence-corrected chi connectivity index (χ3v) is 2.59. The minimum Gasteiger partial charge on any atom is -0.392 e. The van der Waals surface area contributed by atoms with Crippen molar-refractivity contribution in [3.8, 4) is 0 Å². The Morgan fingerprint density at radius 1 is 1.33 bits per heavy atom. The van der Waals surface area contributed by atoms with E-state index in [-0.39, 0.29) is 12.1 Å². The maximum absolute atomic E-state index is 9.20. The maximum Gasteiger partial charge on any atom is 0.0636 e. The van der Waals surface area contributed by atoms with Crippen LogP contribution in [0.1, 0.15) is 31.9 Å². The van der Waals surface area contributed by atoms with E-state index >= 15 is 0 Å². The fraction of sp³-hybridized carbons (Fsp3) is 0.500. The molecule has 15 heavy (non-hydrogen) atoms. The topological polar surface area (TPSA) is 32.3 Å². The van der Waals surface area contributed by atoms with Gasteiger partial charge in [0.2, 0.25) is 0 Å². The number of hydrogen-bond acceptors (Lipinski definition) is 2. The zero-order valence-corrected chi connectivity index (χ0v) is 9.96. The smallest absolute Gasteiger partial charge is 0.0636 e. The molecular formula is C12H18ClNO. The normalized spacial score (nSPS) is 14.9. The summed E-state index contributed by atoms with van der Waals surface area (Å²) in [6.07, 6.45) is 0.681. The van der Waals surface area contributed by atoms with Gasteiger partial charge in [0.25, 0.3) is 0 Å². The van der Waals surface area contributed by atoms with Crippen LogP contribution >= 0.6 is 11.6 Å². The highest BCUT2D eigenvalue weighted by Gasteiger charge is 2.08. The predicted molar refractivity (Wildman–Crippen MR) is 64.2 cm³/mol. The van der Waals surface area contributed by atoms with Crippen molar-refractivity contribution in [2.45, 2.75) is 32.4 Å². The zero-order chi connectivity index (χ0) is 11.3. The lowest BCUT2D eigenvalue weighted by Crippen LogP contribution is -2.28. The lowest BCUT2D eigenvalue weighted by atomic mass is 10.0. The first-order chi connectivity index (χ1) is 7.13. The van der Waals surface area contributed by atoms with Crippen molar-refractivity contribution in [3.63, 3.8) is 0 Å². The Morgan fingerprint density at radius 3 is 2.40 bits per heavy atom. The van der Waals surface area contributed by atoms with Crippen molar-refractivity contribution in [3.05, 3.63) is 34.9 Å². The molecule has 84 valence electrons. The molecule has 0 aliphatic carbocycles. The highest BCUT2D eigenvalue weighted by atomic mass is 35.5. The molecule has 0 aliphatic rings. The van der Waals surface area contributed by atoms with Crippen LogP contribution in [0, 0.1) is 0 Å². The number of hydrogen-bond donors (Lipinski definition) is 2. The standard InChI is InChI=1S/C12H18ClNO/c1-3-12(14-8-9(2)15)10-4-6-11(13)7-5-10/h4-7,9,12,14-15H,3,8H2,1-2H3/t9-,12+/m0/s1. The number of rotatable bonds is 5. The molecule has 0 bridgehead atoms. The van der Waals surface area contributed by atoms with Crippen molar-refractivity contribution < 1.29 is 5.11 Å². The Labute approximate surface area is 96.3 Å². The lowest BCUT2D eigenvalue weighted by molar-refractivity contribution is 0.185. The number of aliphatic hydroxyl groups is 1. The molecule has 0 amide bonds. The van der Waals surface area contributed by atoms with Gasteiger partial charge in [-0.1, -0.05) is 30.7 Å². The van der Waals surface area contributed by atoms with E-state index in [1.807, 2.05) is 24.3 Å². The molecule has 0 aromatic heterocycles. The second-order valence-corrected chi connectivity index (χ2v) is 4.21. The minimum atomic E-state index is -0.314. The van der Waals surface area contributed by atoms with Crippen molar-refractivity contribution in [1.29, 1.82) is 0 Å². The third kappa shape index (κ3) is 4.20. The number of benzene rings is 1. The van der Waals surface area contributed by atoms with Gasteiger partial charge in [-0.25, -0.2) is 0 Å². The molecule has 0 saturated heterocycles. The molecule has 0 heterocycles. The molecular weight excluding hydrogens is 210 g/mol. The molecule has 0 saturated carbocycles. The summed E-state index contributed by atoms with van der Waals surface area (Å²) in [5, 5.41) is 13.3. The molecule has 0 spiro atoms. The Kier molecular flexibility index (Phi) is 5.09. The quantitative estimate of drug-likeness (QED) is 0.811. The van der Waals surface area contributed by atoms with Gasteiger partial charge in [-0.3, -0.25) is 0 Å². The van der Waals surface area contributed by atoms with Crippen LogP contribution in [0.2, 0.25) is 5.02 Å². The number of aliphatic hydroxyl groups excluding tert-OH is 1. The molecule has 0 radical (unpaired) electrons. The van der Waals surface area contributed by atoms with Gasteiger partial charge in [-0.15, -0.1) is 0 Å². The fourth-order valence-corrected chi connectivity index (χ4v) is 1.63. The van der Waals surface area contributed by atoms with Gasteiger partial charge < -0.3 is 10.4 Å². The van der Waals surface area contributed by atoms with Crippen molar-refractivity contribution in [2.75, 3.05) is 6.54 Å². The second-order valence-electron chi connectivity index (χ2n) is 3.77. The average Bonchev–Trinajstić information content (AvgIpc) is 2.21. The molecule has 2 atom stereocenters. The molecule has 1 rings (SSSR count). The highest BCUT2D eigenvalue weighted by Crippen LogP contribution is 2.18. The van der Waals surface area contributed by atoms with E-state index in [0.717, 1.165) is 11.4 Å². The van der Waals surface area contributed by atoms with Crippen LogP contribution in [0.4, 0.5) is 0 Å². The van der Waals surface area contributed by atoms with Crippen molar-refractivity contribution >= 4 is 11.6 Å². The summed E-state index contributed by atoms with van der Waals surface area (Å²) in [6.45, 7) is 4.51. The molecule has 0 fully saturated rings. The van der Waals surface area contributed by atoms with Crippen molar-refractivity contribution in [2.24, 2.45) is 0 Å². The monoisotopic (exact) mass is 227 g/mol. The number of nitrogens with one attached hydrogen (secondary N) is 1. The maximum atomic E-state index is 9.20. The summed E-state index contributed by atoms with van der Waals surface area (Å²) in [5.41, 5.74) is 1.21. The Hall–Kier alpha value is -0.570. The fourth-order valence-electron chi connectivity index (χ4n) is 1.51. The van der Waals surface area contributed by atoms with Gasteiger partial charge in [0.15, 0.2) is 0 Å². The van der Waals surface area contributed by atoms with E-state index in [0.29, 0.717) is 6.54 Å². The van der Waals surface area contributed by atoms with Crippen LogP contribution in [-0.4, -0.2) is 17.8 Å². The van der Waals surface area contributed by atoms with Crippen LogP contribution in [-0.2, 0) is 0 Å². The highest BCUT2D eigenvalue weighted by molar-refractivity contribution is 6.30. The van der Waals surface area contributed by atoms with Crippen LogP contribution in [0.25, 0.3) is 0 Å². The molecule has 2 nitrogen and oxygen atoms in total. The molecule has 0 unspecified atom stereocenters. The van der Waals surface area contributed by atoms with E-state index in [2.05, 4.69) is 12.2 Å². The first-order valence-electron chi connectivity index (χ1n) is 5.30.